The Labute approximate surface area is 92.0 Å². The average molecular weight is 205 g/mol. The third kappa shape index (κ3) is 4.66. The highest BCUT2D eigenvalue weighted by Crippen LogP contribution is 2.13. The van der Waals surface area contributed by atoms with Crippen molar-refractivity contribution in [1.82, 2.24) is 5.32 Å². The van der Waals surface area contributed by atoms with Gasteiger partial charge in [-0.2, -0.15) is 0 Å². The van der Waals surface area contributed by atoms with E-state index in [1.807, 2.05) is 19.1 Å². The molecule has 0 aliphatic rings. The van der Waals surface area contributed by atoms with Gasteiger partial charge in [-0.1, -0.05) is 25.6 Å². The molecule has 1 aromatic rings. The first-order chi connectivity index (χ1) is 7.22. The van der Waals surface area contributed by atoms with Crippen LogP contribution in [0.5, 0.6) is 5.75 Å². The van der Waals surface area contributed by atoms with Crippen LogP contribution < -0.4 is 10.1 Å². The van der Waals surface area contributed by atoms with Gasteiger partial charge in [0.2, 0.25) is 0 Å². The van der Waals surface area contributed by atoms with E-state index in [9.17, 15) is 0 Å². The second-order valence-electron chi connectivity index (χ2n) is 3.67. The van der Waals surface area contributed by atoms with Gasteiger partial charge >= 0.3 is 0 Å². The van der Waals surface area contributed by atoms with Crippen molar-refractivity contribution >= 4 is 0 Å². The van der Waals surface area contributed by atoms with Gasteiger partial charge in [-0.15, -0.1) is 0 Å². The minimum Gasteiger partial charge on any atom is -0.489 e. The smallest absolute Gasteiger partial charge is 0.120 e. The zero-order valence-electron chi connectivity index (χ0n) is 9.55. The van der Waals surface area contributed by atoms with Crippen molar-refractivity contribution < 1.29 is 4.74 Å². The highest BCUT2D eigenvalue weighted by molar-refractivity contribution is 5.28. The zero-order valence-corrected chi connectivity index (χ0v) is 9.55. The van der Waals surface area contributed by atoms with Gasteiger partial charge in [0.05, 0.1) is 0 Å². The number of rotatable bonds is 6. The van der Waals surface area contributed by atoms with E-state index in [2.05, 4.69) is 31.0 Å². The predicted molar refractivity (Wildman–Crippen MR) is 64.1 cm³/mol. The van der Waals surface area contributed by atoms with E-state index in [1.165, 1.54) is 5.56 Å². The summed E-state index contributed by atoms with van der Waals surface area (Å²) in [5.74, 6) is 0.911. The summed E-state index contributed by atoms with van der Waals surface area (Å²) in [6, 6.07) is 8.14. The van der Waals surface area contributed by atoms with E-state index in [1.54, 1.807) is 0 Å². The van der Waals surface area contributed by atoms with Crippen LogP contribution in [-0.2, 0) is 6.54 Å². The lowest BCUT2D eigenvalue weighted by atomic mass is 10.2. The predicted octanol–water partition coefficient (Wildman–Crippen LogP) is 2.75. The van der Waals surface area contributed by atoms with Crippen LogP contribution in [0.4, 0.5) is 0 Å². The summed E-state index contributed by atoms with van der Waals surface area (Å²) in [5, 5.41) is 3.28. The number of hydrogen-bond donors (Lipinski definition) is 1. The molecule has 0 saturated carbocycles. The van der Waals surface area contributed by atoms with Crippen LogP contribution in [0, 0.1) is 0 Å². The standard InChI is InChI=1S/C13H19NO/c1-4-14-9-12-6-5-7-13(8-12)15-10-11(2)3/h5-8,14H,2,4,9-10H2,1,3H3. The van der Waals surface area contributed by atoms with Crippen molar-refractivity contribution in [3.05, 3.63) is 42.0 Å². The Kier molecular flexibility index (Phi) is 4.91. The van der Waals surface area contributed by atoms with Crippen LogP contribution in [0.25, 0.3) is 0 Å². The summed E-state index contributed by atoms with van der Waals surface area (Å²) in [6.45, 7) is 10.3. The maximum Gasteiger partial charge on any atom is 0.120 e. The Morgan fingerprint density at radius 2 is 2.27 bits per heavy atom. The molecular formula is C13H19NO. The molecule has 1 rings (SSSR count). The van der Waals surface area contributed by atoms with Crippen LogP contribution in [0.15, 0.2) is 36.4 Å². The highest BCUT2D eigenvalue weighted by Gasteiger charge is 1.96. The van der Waals surface area contributed by atoms with Crippen molar-refractivity contribution in [2.45, 2.75) is 20.4 Å². The quantitative estimate of drug-likeness (QED) is 0.721. The average Bonchev–Trinajstić information content (AvgIpc) is 2.24. The van der Waals surface area contributed by atoms with Crippen molar-refractivity contribution in [2.24, 2.45) is 0 Å². The third-order valence-corrected chi connectivity index (χ3v) is 1.96. The van der Waals surface area contributed by atoms with Crippen molar-refractivity contribution in [3.63, 3.8) is 0 Å². The Bertz CT molecular complexity index is 320. The number of ether oxygens (including phenoxy) is 1. The van der Waals surface area contributed by atoms with Crippen molar-refractivity contribution in [3.8, 4) is 5.75 Å². The molecule has 0 saturated heterocycles. The summed E-state index contributed by atoms with van der Waals surface area (Å²) >= 11 is 0. The Morgan fingerprint density at radius 3 is 2.93 bits per heavy atom. The first-order valence-corrected chi connectivity index (χ1v) is 5.29. The first-order valence-electron chi connectivity index (χ1n) is 5.29. The van der Waals surface area contributed by atoms with E-state index in [0.29, 0.717) is 6.61 Å². The maximum atomic E-state index is 5.56. The number of hydrogen-bond acceptors (Lipinski definition) is 2. The molecule has 0 aliphatic carbocycles. The molecule has 0 fully saturated rings. The second kappa shape index (κ2) is 6.25. The SMILES string of the molecule is C=C(C)COc1cccc(CNCC)c1. The number of nitrogens with one attached hydrogen (secondary N) is 1. The summed E-state index contributed by atoms with van der Waals surface area (Å²) < 4.78 is 5.56. The van der Waals surface area contributed by atoms with Crippen LogP contribution in [0.1, 0.15) is 19.4 Å². The van der Waals surface area contributed by atoms with Crippen LogP contribution in [0.2, 0.25) is 0 Å². The molecule has 0 radical (unpaired) electrons. The van der Waals surface area contributed by atoms with Gasteiger partial charge in [0.1, 0.15) is 12.4 Å². The zero-order chi connectivity index (χ0) is 11.1. The lowest BCUT2D eigenvalue weighted by Crippen LogP contribution is -2.11. The number of benzene rings is 1. The van der Waals surface area contributed by atoms with Gasteiger partial charge in [-0.25, -0.2) is 0 Å². The van der Waals surface area contributed by atoms with Gasteiger partial charge in [-0.3, -0.25) is 0 Å². The minimum absolute atomic E-state index is 0.588. The molecule has 0 spiro atoms. The molecule has 0 heterocycles. The van der Waals surface area contributed by atoms with E-state index in [-0.39, 0.29) is 0 Å². The fraction of sp³-hybridized carbons (Fsp3) is 0.385. The van der Waals surface area contributed by atoms with Gasteiger partial charge in [-0.05, 0) is 36.7 Å². The fourth-order valence-corrected chi connectivity index (χ4v) is 1.22. The highest BCUT2D eigenvalue weighted by atomic mass is 16.5. The molecular weight excluding hydrogens is 186 g/mol. The maximum absolute atomic E-state index is 5.56. The summed E-state index contributed by atoms with van der Waals surface area (Å²) in [6.07, 6.45) is 0. The third-order valence-electron chi connectivity index (χ3n) is 1.96. The Hall–Kier alpha value is -1.28. The minimum atomic E-state index is 0.588. The van der Waals surface area contributed by atoms with E-state index >= 15 is 0 Å². The Balaban J connectivity index is 2.53. The molecule has 1 N–H and O–H groups in total. The molecule has 2 nitrogen and oxygen atoms in total. The molecule has 0 aliphatic heterocycles. The van der Waals surface area contributed by atoms with Crippen LogP contribution >= 0.6 is 0 Å². The Morgan fingerprint density at radius 1 is 1.47 bits per heavy atom. The van der Waals surface area contributed by atoms with E-state index in [0.717, 1.165) is 24.4 Å². The molecule has 1 aromatic carbocycles. The van der Waals surface area contributed by atoms with Gasteiger partial charge in [0.25, 0.3) is 0 Å². The molecule has 0 amide bonds. The van der Waals surface area contributed by atoms with Crippen molar-refractivity contribution in [2.75, 3.05) is 13.2 Å². The van der Waals surface area contributed by atoms with Gasteiger partial charge in [0.15, 0.2) is 0 Å². The topological polar surface area (TPSA) is 21.3 Å². The molecule has 0 bridgehead atoms. The second-order valence-corrected chi connectivity index (χ2v) is 3.67. The van der Waals surface area contributed by atoms with Crippen LogP contribution in [-0.4, -0.2) is 13.2 Å². The summed E-state index contributed by atoms with van der Waals surface area (Å²) in [4.78, 5) is 0. The van der Waals surface area contributed by atoms with E-state index in [4.69, 9.17) is 4.74 Å². The van der Waals surface area contributed by atoms with Gasteiger partial charge < -0.3 is 10.1 Å². The normalized spacial score (nSPS) is 10.0. The molecule has 0 aromatic heterocycles. The molecule has 0 atom stereocenters. The van der Waals surface area contributed by atoms with Gasteiger partial charge in [0, 0.05) is 6.54 Å². The summed E-state index contributed by atoms with van der Waals surface area (Å²) in [5.41, 5.74) is 2.28. The molecule has 0 unspecified atom stereocenters. The van der Waals surface area contributed by atoms with E-state index < -0.39 is 0 Å². The largest absolute Gasteiger partial charge is 0.489 e. The lowest BCUT2D eigenvalue weighted by Gasteiger charge is -2.08. The monoisotopic (exact) mass is 205 g/mol. The fourth-order valence-electron chi connectivity index (χ4n) is 1.22. The lowest BCUT2D eigenvalue weighted by molar-refractivity contribution is 0.352. The molecule has 15 heavy (non-hydrogen) atoms. The first kappa shape index (κ1) is 11.8. The summed E-state index contributed by atoms with van der Waals surface area (Å²) in [7, 11) is 0. The van der Waals surface area contributed by atoms with Crippen LogP contribution in [0.3, 0.4) is 0 Å². The molecule has 2 heteroatoms. The molecule has 82 valence electrons. The van der Waals surface area contributed by atoms with Crippen molar-refractivity contribution in [1.29, 1.82) is 0 Å².